The number of para-hydroxylation sites is 3. The van der Waals surface area contributed by atoms with Gasteiger partial charge in [-0.3, -0.25) is 0 Å². The van der Waals surface area contributed by atoms with E-state index in [0.29, 0.717) is 11.6 Å². The molecule has 6 heterocycles. The molecule has 0 aliphatic rings. The van der Waals surface area contributed by atoms with Crippen molar-refractivity contribution in [2.24, 2.45) is 0 Å². The average Bonchev–Trinajstić information content (AvgIpc) is 1.57. The molecule has 0 atom stereocenters. The fraction of sp³-hybridized carbons (Fsp3) is 0. The Hall–Kier alpha value is -14.3. The Kier molecular flexibility index (Phi) is 15.0. The number of fused-ring (bicyclic) bond motifs is 12. The van der Waals surface area contributed by atoms with Crippen LogP contribution in [0, 0.1) is 0 Å². The Morgan fingerprint density at radius 3 is 0.849 bits per heavy atom. The smallest absolute Gasteiger partial charge is 0.160 e. The quantitative estimate of drug-likeness (QED) is 0.128. The van der Waals surface area contributed by atoms with Crippen LogP contribution in [0.4, 0.5) is 0 Å². The van der Waals surface area contributed by atoms with Crippen molar-refractivity contribution in [1.82, 2.24) is 29.1 Å². The van der Waals surface area contributed by atoms with E-state index in [1.54, 1.807) is 0 Å². The summed E-state index contributed by atoms with van der Waals surface area (Å²) in [7, 11) is 0. The number of hydrogen-bond donors (Lipinski definition) is 0. The van der Waals surface area contributed by atoms with E-state index in [1.807, 2.05) is 72.8 Å². The molecule has 0 saturated carbocycles. The molecule has 15 aromatic carbocycles. The molecule has 8 nitrogen and oxygen atoms in total. The summed E-state index contributed by atoms with van der Waals surface area (Å²) in [5.74, 6) is 1.38. The van der Waals surface area contributed by atoms with Gasteiger partial charge in [0.2, 0.25) is 0 Å². The number of rotatable bonds is 11. The van der Waals surface area contributed by atoms with Gasteiger partial charge in [0.15, 0.2) is 22.8 Å². The van der Waals surface area contributed by atoms with Gasteiger partial charge in [-0.15, -0.1) is 0 Å². The Morgan fingerprint density at radius 2 is 0.472 bits per heavy atom. The van der Waals surface area contributed by atoms with E-state index in [4.69, 9.17) is 28.8 Å². The third-order valence-corrected chi connectivity index (χ3v) is 20.4. The van der Waals surface area contributed by atoms with E-state index >= 15 is 0 Å². The molecular weight excluding hydrogens is 1290 g/mol. The SMILES string of the molecule is c1ccc(-c2ccc3c(c2)c2cc(-c4ccccc4)ccc2n3-c2cccc3c2oc2cc(-c4cc(-c5ccccc5)nc(-c5ccccc5)n4)ccc23)cc1.c1ccc(-c2ccc3c(c2)c2ccccc2n3-c2cccc3c2oc2cc(-c4cc(-c5ccccc5)nc(-c5ccccc5)n4)ccc23)cc1. The fourth-order valence-corrected chi connectivity index (χ4v) is 15.3. The first kappa shape index (κ1) is 61.5. The maximum Gasteiger partial charge on any atom is 0.160 e. The zero-order chi connectivity index (χ0) is 70.0. The van der Waals surface area contributed by atoms with E-state index in [9.17, 15) is 0 Å². The van der Waals surface area contributed by atoms with Crippen LogP contribution in [0.15, 0.2) is 385 Å². The van der Waals surface area contributed by atoms with Gasteiger partial charge >= 0.3 is 0 Å². The summed E-state index contributed by atoms with van der Waals surface area (Å²) in [6.45, 7) is 0. The highest BCUT2D eigenvalue weighted by molar-refractivity contribution is 6.16. The van der Waals surface area contributed by atoms with E-state index in [0.717, 1.165) is 133 Å². The topological polar surface area (TPSA) is 87.7 Å². The van der Waals surface area contributed by atoms with Crippen LogP contribution < -0.4 is 0 Å². The average molecular weight is 1360 g/mol. The lowest BCUT2D eigenvalue weighted by Crippen LogP contribution is -1.95. The van der Waals surface area contributed by atoms with Crippen molar-refractivity contribution in [2.75, 3.05) is 0 Å². The predicted molar refractivity (Wildman–Crippen MR) is 436 cm³/mol. The molecule has 21 rings (SSSR count). The zero-order valence-corrected chi connectivity index (χ0v) is 57.3. The molecule has 0 N–H and O–H groups in total. The molecule has 0 radical (unpaired) electrons. The molecule has 6 aromatic heterocycles. The summed E-state index contributed by atoms with van der Waals surface area (Å²) in [5, 5.41) is 9.09. The van der Waals surface area contributed by atoms with Gasteiger partial charge in [-0.1, -0.05) is 285 Å². The minimum atomic E-state index is 0.686. The molecule has 0 unspecified atom stereocenters. The second kappa shape index (κ2) is 25.9. The second-order valence-corrected chi connectivity index (χ2v) is 26.8. The van der Waals surface area contributed by atoms with E-state index in [1.165, 1.54) is 54.9 Å². The van der Waals surface area contributed by atoms with Crippen molar-refractivity contribution in [3.63, 3.8) is 0 Å². The first-order valence-corrected chi connectivity index (χ1v) is 35.7. The fourth-order valence-electron chi connectivity index (χ4n) is 15.3. The number of aromatic nitrogens is 6. The van der Waals surface area contributed by atoms with Gasteiger partial charge in [-0.05, 0) is 124 Å². The Labute approximate surface area is 610 Å². The first-order chi connectivity index (χ1) is 52.5. The highest BCUT2D eigenvalue weighted by Gasteiger charge is 2.23. The largest absolute Gasteiger partial charge is 0.454 e. The van der Waals surface area contributed by atoms with Crippen LogP contribution in [0.3, 0.4) is 0 Å². The van der Waals surface area contributed by atoms with Crippen LogP contribution in [0.25, 0.3) is 200 Å². The van der Waals surface area contributed by atoms with Crippen LogP contribution in [-0.4, -0.2) is 29.1 Å². The minimum Gasteiger partial charge on any atom is -0.454 e. The lowest BCUT2D eigenvalue weighted by Gasteiger charge is -2.09. The van der Waals surface area contributed by atoms with Crippen LogP contribution in [0.1, 0.15) is 0 Å². The van der Waals surface area contributed by atoms with E-state index < -0.39 is 0 Å². The Bertz CT molecular complexity index is 6700. The van der Waals surface area contributed by atoms with Gasteiger partial charge in [-0.25, -0.2) is 19.9 Å². The maximum absolute atomic E-state index is 6.92. The molecule has 0 spiro atoms. The summed E-state index contributed by atoms with van der Waals surface area (Å²) in [6.07, 6.45) is 0. The molecule has 496 valence electrons. The van der Waals surface area contributed by atoms with Crippen LogP contribution in [-0.2, 0) is 0 Å². The van der Waals surface area contributed by atoms with Gasteiger partial charge in [0, 0.05) is 76.5 Å². The van der Waals surface area contributed by atoms with Crippen molar-refractivity contribution in [2.45, 2.75) is 0 Å². The van der Waals surface area contributed by atoms with Crippen molar-refractivity contribution in [1.29, 1.82) is 0 Å². The number of furan rings is 2. The minimum absolute atomic E-state index is 0.686. The van der Waals surface area contributed by atoms with Gasteiger partial charge in [0.1, 0.15) is 11.2 Å². The normalized spacial score (nSPS) is 11.6. The van der Waals surface area contributed by atoms with E-state index in [-0.39, 0.29) is 0 Å². The van der Waals surface area contributed by atoms with Gasteiger partial charge < -0.3 is 18.0 Å². The molecular formula is C98H62N6O2. The standard InChI is InChI=1S/C52H33N3O.C46H29N3O/c1-5-14-34(15-6-1)38-25-28-47-43(30-38)44-31-39(35-16-7-2-8-17-35)26-29-48(44)55(47)49-23-13-22-42-41-27-24-40(32-50(41)56-51(42)49)46-33-45(36-18-9-3-10-19-36)53-52(54-46)37-20-11-4-12-21-37;1-4-13-30(14-5-1)33-24-26-42-38(27-33)35-19-10-11-21-41(35)49(42)43-22-12-20-37-36-25-23-34(28-44(36)50-45(37)43)40-29-39(31-15-6-2-7-16-31)47-46(48-40)32-17-8-3-9-18-32/h1-33H;1-29H. The van der Waals surface area contributed by atoms with Gasteiger partial charge in [0.25, 0.3) is 0 Å². The lowest BCUT2D eigenvalue weighted by molar-refractivity contribution is 0.666. The Balaban J connectivity index is 0.000000141. The van der Waals surface area contributed by atoms with Crippen molar-refractivity contribution in [3.8, 4) is 113 Å². The molecule has 0 amide bonds. The lowest BCUT2D eigenvalue weighted by atomic mass is 10.0. The molecule has 106 heavy (non-hydrogen) atoms. The number of nitrogens with zero attached hydrogens (tertiary/aromatic N) is 6. The van der Waals surface area contributed by atoms with Crippen molar-refractivity contribution in [3.05, 3.63) is 376 Å². The monoisotopic (exact) mass is 1350 g/mol. The van der Waals surface area contributed by atoms with Gasteiger partial charge in [-0.2, -0.15) is 0 Å². The molecule has 0 saturated heterocycles. The van der Waals surface area contributed by atoms with Crippen LogP contribution in [0.2, 0.25) is 0 Å². The summed E-state index contributed by atoms with van der Waals surface area (Å²) >= 11 is 0. The van der Waals surface area contributed by atoms with E-state index in [2.05, 4.69) is 312 Å². The molecule has 0 aliphatic heterocycles. The summed E-state index contributed by atoms with van der Waals surface area (Å²) < 4.78 is 18.4. The molecule has 0 aliphatic carbocycles. The predicted octanol–water partition coefficient (Wildman–Crippen LogP) is 25.9. The Morgan fingerprint density at radius 1 is 0.179 bits per heavy atom. The first-order valence-electron chi connectivity index (χ1n) is 35.7. The second-order valence-electron chi connectivity index (χ2n) is 26.8. The van der Waals surface area contributed by atoms with Crippen LogP contribution in [0.5, 0.6) is 0 Å². The van der Waals surface area contributed by atoms with Gasteiger partial charge in [0.05, 0.1) is 56.2 Å². The highest BCUT2D eigenvalue weighted by atomic mass is 16.3. The zero-order valence-electron chi connectivity index (χ0n) is 57.3. The molecule has 0 bridgehead atoms. The summed E-state index contributed by atoms with van der Waals surface area (Å²) in [6, 6.07) is 132. The molecule has 0 fully saturated rings. The highest BCUT2D eigenvalue weighted by Crippen LogP contribution is 2.44. The van der Waals surface area contributed by atoms with Crippen molar-refractivity contribution >= 4 is 87.5 Å². The third-order valence-electron chi connectivity index (χ3n) is 20.4. The molecule has 21 aromatic rings. The maximum atomic E-state index is 6.92. The third kappa shape index (κ3) is 11.0. The summed E-state index contributed by atoms with van der Waals surface area (Å²) in [5.41, 5.74) is 26.5. The van der Waals surface area contributed by atoms with Crippen molar-refractivity contribution < 1.29 is 8.83 Å². The van der Waals surface area contributed by atoms with Crippen LogP contribution >= 0.6 is 0 Å². The number of hydrogen-bond acceptors (Lipinski definition) is 6. The molecule has 8 heteroatoms. The summed E-state index contributed by atoms with van der Waals surface area (Å²) in [4.78, 5) is 20.1. The number of benzene rings is 15.